The van der Waals surface area contributed by atoms with Crippen LogP contribution in [0.25, 0.3) is 0 Å². The Kier molecular flexibility index (Phi) is 3.57. The summed E-state index contributed by atoms with van der Waals surface area (Å²) in [5, 5.41) is 0. The zero-order valence-corrected chi connectivity index (χ0v) is 10.0. The third kappa shape index (κ3) is 2.98. The van der Waals surface area contributed by atoms with E-state index in [-0.39, 0.29) is 0 Å². The fraction of sp³-hybridized carbons (Fsp3) is 0.636. The molecule has 0 saturated carbocycles. The lowest BCUT2D eigenvalue weighted by Crippen LogP contribution is -2.44. The van der Waals surface area contributed by atoms with Gasteiger partial charge in [-0.3, -0.25) is 4.90 Å². The molecule has 0 unspecified atom stereocenters. The quantitative estimate of drug-likeness (QED) is 0.501. The van der Waals surface area contributed by atoms with E-state index in [4.69, 9.17) is 4.74 Å². The average Bonchev–Trinajstić information content (AvgIpc) is 2.62. The Morgan fingerprint density at radius 1 is 1.38 bits per heavy atom. The monoisotopic (exact) mass is 227 g/mol. The lowest BCUT2D eigenvalue weighted by atomic mass is 10.2. The standard InChI is InChI=1S/C11H17NO4/c1-11(2,3)16-10(14)12-7-5-6-8(12)9(13)15-4/h5-6,8H,7H2,1-4H3/t8-/m0/s1. The van der Waals surface area contributed by atoms with Crippen LogP contribution in [0.3, 0.4) is 0 Å². The zero-order chi connectivity index (χ0) is 12.3. The SMILES string of the molecule is COC(=O)[C@@H]1C=CCN1C(=O)OC(C)(C)C. The number of ether oxygens (including phenoxy) is 2. The third-order valence-electron chi connectivity index (χ3n) is 2.03. The average molecular weight is 227 g/mol. The molecule has 0 radical (unpaired) electrons. The summed E-state index contributed by atoms with van der Waals surface area (Å²) in [6.07, 6.45) is 2.87. The normalized spacial score (nSPS) is 19.8. The molecule has 1 heterocycles. The minimum Gasteiger partial charge on any atom is -0.467 e. The van der Waals surface area contributed by atoms with Crippen LogP contribution in [-0.4, -0.2) is 42.3 Å². The van der Waals surface area contributed by atoms with Crippen molar-refractivity contribution in [2.45, 2.75) is 32.4 Å². The molecule has 0 N–H and O–H groups in total. The van der Waals surface area contributed by atoms with Crippen LogP contribution >= 0.6 is 0 Å². The molecule has 0 aromatic rings. The Morgan fingerprint density at radius 3 is 2.50 bits per heavy atom. The first-order valence-corrected chi connectivity index (χ1v) is 5.09. The maximum Gasteiger partial charge on any atom is 0.411 e. The van der Waals surface area contributed by atoms with Crippen molar-refractivity contribution in [2.24, 2.45) is 0 Å². The highest BCUT2D eigenvalue weighted by Gasteiger charge is 2.33. The summed E-state index contributed by atoms with van der Waals surface area (Å²) < 4.78 is 9.79. The summed E-state index contributed by atoms with van der Waals surface area (Å²) in [4.78, 5) is 24.4. The van der Waals surface area contributed by atoms with Gasteiger partial charge in [0.1, 0.15) is 5.60 Å². The molecule has 16 heavy (non-hydrogen) atoms. The topological polar surface area (TPSA) is 55.8 Å². The molecule has 0 aliphatic carbocycles. The van der Waals surface area contributed by atoms with Crippen molar-refractivity contribution in [3.8, 4) is 0 Å². The summed E-state index contributed by atoms with van der Waals surface area (Å²) in [5.41, 5.74) is -0.569. The maximum absolute atomic E-state index is 11.7. The van der Waals surface area contributed by atoms with Crippen molar-refractivity contribution in [3.63, 3.8) is 0 Å². The number of hydrogen-bond donors (Lipinski definition) is 0. The molecule has 1 atom stereocenters. The summed E-state index contributed by atoms with van der Waals surface area (Å²) in [6.45, 7) is 5.71. The molecule has 0 fully saturated rings. The summed E-state index contributed by atoms with van der Waals surface area (Å²) in [6, 6.07) is -0.667. The van der Waals surface area contributed by atoms with Gasteiger partial charge in [0.25, 0.3) is 0 Å². The summed E-state index contributed by atoms with van der Waals surface area (Å²) >= 11 is 0. The van der Waals surface area contributed by atoms with E-state index in [0.717, 1.165) is 0 Å². The van der Waals surface area contributed by atoms with Crippen LogP contribution in [0.15, 0.2) is 12.2 Å². The minimum absolute atomic E-state index is 0.370. The first-order valence-electron chi connectivity index (χ1n) is 5.09. The zero-order valence-electron chi connectivity index (χ0n) is 10.0. The molecule has 5 heteroatoms. The molecular weight excluding hydrogens is 210 g/mol. The smallest absolute Gasteiger partial charge is 0.411 e. The van der Waals surface area contributed by atoms with Gasteiger partial charge in [0.15, 0.2) is 6.04 Å². The number of rotatable bonds is 1. The van der Waals surface area contributed by atoms with Gasteiger partial charge < -0.3 is 9.47 Å². The van der Waals surface area contributed by atoms with Gasteiger partial charge in [0.05, 0.1) is 7.11 Å². The molecule has 0 aromatic carbocycles. The van der Waals surface area contributed by atoms with E-state index in [1.807, 2.05) is 0 Å². The lowest BCUT2D eigenvalue weighted by molar-refractivity contribution is -0.144. The molecule has 0 aromatic heterocycles. The number of esters is 1. The number of amides is 1. The van der Waals surface area contributed by atoms with E-state index in [1.54, 1.807) is 32.9 Å². The molecule has 0 spiro atoms. The molecule has 0 bridgehead atoms. The highest BCUT2D eigenvalue weighted by atomic mass is 16.6. The van der Waals surface area contributed by atoms with Gasteiger partial charge in [0, 0.05) is 6.54 Å². The van der Waals surface area contributed by atoms with Crippen LogP contribution in [0, 0.1) is 0 Å². The number of methoxy groups -OCH3 is 1. The highest BCUT2D eigenvalue weighted by molar-refractivity contribution is 5.84. The van der Waals surface area contributed by atoms with Gasteiger partial charge in [-0.25, -0.2) is 9.59 Å². The molecule has 1 amide bonds. The highest BCUT2D eigenvalue weighted by Crippen LogP contribution is 2.16. The third-order valence-corrected chi connectivity index (χ3v) is 2.03. The van der Waals surface area contributed by atoms with Crippen molar-refractivity contribution in [2.75, 3.05) is 13.7 Å². The first kappa shape index (κ1) is 12.5. The molecular formula is C11H17NO4. The largest absolute Gasteiger partial charge is 0.467 e. The Labute approximate surface area is 95.0 Å². The predicted octanol–water partition coefficient (Wildman–Crippen LogP) is 1.33. The van der Waals surface area contributed by atoms with Gasteiger partial charge in [-0.2, -0.15) is 0 Å². The van der Waals surface area contributed by atoms with Gasteiger partial charge >= 0.3 is 12.1 Å². The Morgan fingerprint density at radius 2 is 2.00 bits per heavy atom. The Balaban J connectivity index is 2.67. The van der Waals surface area contributed by atoms with E-state index in [0.29, 0.717) is 6.54 Å². The fourth-order valence-corrected chi connectivity index (χ4v) is 1.36. The van der Waals surface area contributed by atoms with Crippen LogP contribution in [0.5, 0.6) is 0 Å². The Bertz CT molecular complexity index is 316. The molecule has 90 valence electrons. The molecule has 1 aliphatic heterocycles. The second-order valence-corrected chi connectivity index (χ2v) is 4.53. The number of carbonyl (C=O) groups excluding carboxylic acids is 2. The van der Waals surface area contributed by atoms with Crippen molar-refractivity contribution >= 4 is 12.1 Å². The van der Waals surface area contributed by atoms with E-state index < -0.39 is 23.7 Å². The number of carbonyl (C=O) groups is 2. The van der Waals surface area contributed by atoms with Crippen molar-refractivity contribution in [3.05, 3.63) is 12.2 Å². The summed E-state index contributed by atoms with van der Waals surface area (Å²) in [7, 11) is 1.29. The number of hydrogen-bond acceptors (Lipinski definition) is 4. The second kappa shape index (κ2) is 4.55. The molecule has 0 saturated heterocycles. The summed E-state index contributed by atoms with van der Waals surface area (Å²) in [5.74, 6) is -0.459. The van der Waals surface area contributed by atoms with Crippen molar-refractivity contribution < 1.29 is 19.1 Å². The van der Waals surface area contributed by atoms with Crippen LogP contribution in [-0.2, 0) is 14.3 Å². The molecule has 5 nitrogen and oxygen atoms in total. The molecule has 1 aliphatic rings. The van der Waals surface area contributed by atoms with Crippen molar-refractivity contribution in [1.82, 2.24) is 4.90 Å². The second-order valence-electron chi connectivity index (χ2n) is 4.53. The predicted molar refractivity (Wildman–Crippen MR) is 57.9 cm³/mol. The fourth-order valence-electron chi connectivity index (χ4n) is 1.36. The first-order chi connectivity index (χ1) is 7.35. The van der Waals surface area contributed by atoms with Gasteiger partial charge in [0.2, 0.25) is 0 Å². The maximum atomic E-state index is 11.7. The van der Waals surface area contributed by atoms with Crippen LogP contribution in [0.2, 0.25) is 0 Å². The van der Waals surface area contributed by atoms with Gasteiger partial charge in [-0.15, -0.1) is 0 Å². The molecule has 1 rings (SSSR count). The van der Waals surface area contributed by atoms with Crippen LogP contribution in [0.1, 0.15) is 20.8 Å². The van der Waals surface area contributed by atoms with E-state index >= 15 is 0 Å². The van der Waals surface area contributed by atoms with Crippen LogP contribution in [0.4, 0.5) is 4.79 Å². The number of nitrogens with zero attached hydrogens (tertiary/aromatic N) is 1. The van der Waals surface area contributed by atoms with Crippen molar-refractivity contribution in [1.29, 1.82) is 0 Å². The van der Waals surface area contributed by atoms with Gasteiger partial charge in [-0.1, -0.05) is 12.2 Å². The lowest BCUT2D eigenvalue weighted by Gasteiger charge is -2.27. The minimum atomic E-state index is -0.667. The van der Waals surface area contributed by atoms with Crippen LogP contribution < -0.4 is 0 Å². The van der Waals surface area contributed by atoms with E-state index in [1.165, 1.54) is 12.0 Å². The van der Waals surface area contributed by atoms with E-state index in [9.17, 15) is 9.59 Å². The van der Waals surface area contributed by atoms with E-state index in [2.05, 4.69) is 4.74 Å². The van der Waals surface area contributed by atoms with Gasteiger partial charge in [-0.05, 0) is 20.8 Å². The Hall–Kier alpha value is -1.52.